The first-order valence-corrected chi connectivity index (χ1v) is 10.6. The van der Waals surface area contributed by atoms with Gasteiger partial charge in [0.1, 0.15) is 5.75 Å². The number of benzene rings is 2. The normalized spacial score (nSPS) is 13.9. The molecule has 2 aromatic carbocycles. The number of aliphatic hydroxyl groups excluding tert-OH is 1. The Labute approximate surface area is 181 Å². The van der Waals surface area contributed by atoms with Crippen LogP contribution in [0.2, 0.25) is 0 Å². The second-order valence-corrected chi connectivity index (χ2v) is 8.04. The van der Waals surface area contributed by atoms with Crippen molar-refractivity contribution >= 4 is 8.69 Å². The van der Waals surface area contributed by atoms with Crippen LogP contribution in [-0.4, -0.2) is 30.5 Å². The van der Waals surface area contributed by atoms with Gasteiger partial charge in [-0.05, 0) is 55.9 Å². The number of ether oxygens (including phenoxy) is 1. The maximum Gasteiger partial charge on any atom is 0.419 e. The number of hydrogen-bond acceptors (Lipinski definition) is 5. The molecule has 0 amide bonds. The minimum Gasteiger partial charge on any atom is -0.493 e. The Morgan fingerprint density at radius 3 is 2.35 bits per heavy atom. The summed E-state index contributed by atoms with van der Waals surface area (Å²) in [5.74, 6) is -0.213. The van der Waals surface area contributed by atoms with Crippen molar-refractivity contribution in [3.8, 4) is 5.75 Å². The predicted octanol–water partition coefficient (Wildman–Crippen LogP) is 4.87. The van der Waals surface area contributed by atoms with Gasteiger partial charge in [0, 0.05) is 0 Å². The lowest BCUT2D eigenvalue weighted by Gasteiger charge is -2.25. The maximum absolute atomic E-state index is 13.5. The smallest absolute Gasteiger partial charge is 0.419 e. The van der Waals surface area contributed by atoms with E-state index < -0.39 is 32.6 Å². The SMILES string of the molecule is Cc1ccc(CCCOc2ccc(CCC(N)(CO)COP=O)cc2C(F)(F)F)cc1. The summed E-state index contributed by atoms with van der Waals surface area (Å²) in [6.45, 7) is 1.53. The summed E-state index contributed by atoms with van der Waals surface area (Å²) in [4.78, 5) is 0. The molecule has 0 spiro atoms. The van der Waals surface area contributed by atoms with E-state index in [1.54, 1.807) is 6.07 Å². The van der Waals surface area contributed by atoms with Crippen LogP contribution >= 0.6 is 8.69 Å². The van der Waals surface area contributed by atoms with E-state index in [0.29, 0.717) is 18.4 Å². The average Bonchev–Trinajstić information content (AvgIpc) is 2.75. The lowest BCUT2D eigenvalue weighted by molar-refractivity contribution is -0.139. The van der Waals surface area contributed by atoms with Crippen LogP contribution in [-0.2, 0) is 28.1 Å². The first kappa shape index (κ1) is 25.3. The van der Waals surface area contributed by atoms with Crippen molar-refractivity contribution in [1.82, 2.24) is 0 Å². The van der Waals surface area contributed by atoms with Gasteiger partial charge in [0.05, 0.1) is 30.9 Å². The molecule has 3 N–H and O–H groups in total. The van der Waals surface area contributed by atoms with E-state index in [2.05, 4.69) is 0 Å². The van der Waals surface area contributed by atoms with E-state index in [-0.39, 0.29) is 31.8 Å². The lowest BCUT2D eigenvalue weighted by Crippen LogP contribution is -2.47. The molecule has 31 heavy (non-hydrogen) atoms. The highest BCUT2D eigenvalue weighted by molar-refractivity contribution is 7.17. The number of nitrogens with two attached hydrogens (primary N) is 1. The first-order chi connectivity index (χ1) is 14.7. The molecule has 0 aromatic heterocycles. The molecule has 5 nitrogen and oxygen atoms in total. The molecule has 0 fully saturated rings. The van der Waals surface area contributed by atoms with Gasteiger partial charge in [0.25, 0.3) is 0 Å². The lowest BCUT2D eigenvalue weighted by atomic mass is 9.93. The molecule has 9 heteroatoms. The molecular formula is C22H27F3NO4P. The zero-order valence-corrected chi connectivity index (χ0v) is 18.2. The van der Waals surface area contributed by atoms with Gasteiger partial charge in [-0.15, -0.1) is 0 Å². The molecule has 0 radical (unpaired) electrons. The minimum absolute atomic E-state index is 0.160. The molecule has 0 saturated carbocycles. The number of aliphatic hydroxyl groups is 1. The van der Waals surface area contributed by atoms with E-state index in [9.17, 15) is 22.8 Å². The van der Waals surface area contributed by atoms with Gasteiger partial charge in [0.15, 0.2) is 0 Å². The van der Waals surface area contributed by atoms with Crippen LogP contribution in [0.25, 0.3) is 0 Å². The summed E-state index contributed by atoms with van der Waals surface area (Å²) in [5.41, 5.74) is 6.58. The Hall–Kier alpha value is -1.99. The number of hydrogen-bond donors (Lipinski definition) is 2. The molecule has 2 rings (SSSR count). The highest BCUT2D eigenvalue weighted by Crippen LogP contribution is 2.37. The summed E-state index contributed by atoms with van der Waals surface area (Å²) >= 11 is 0. The van der Waals surface area contributed by atoms with E-state index in [1.165, 1.54) is 6.07 Å². The van der Waals surface area contributed by atoms with E-state index in [4.69, 9.17) is 15.0 Å². The summed E-state index contributed by atoms with van der Waals surface area (Å²) in [7, 11) is -0.574. The first-order valence-electron chi connectivity index (χ1n) is 9.90. The Bertz CT molecular complexity index is 846. The Morgan fingerprint density at radius 1 is 1.06 bits per heavy atom. The number of aryl methyl sites for hydroxylation is 3. The summed E-state index contributed by atoms with van der Waals surface area (Å²) in [6.07, 6.45) is -2.92. The monoisotopic (exact) mass is 457 g/mol. The van der Waals surface area contributed by atoms with Crippen molar-refractivity contribution in [2.24, 2.45) is 5.73 Å². The summed E-state index contributed by atoms with van der Waals surface area (Å²) < 4.78 is 61.2. The highest BCUT2D eigenvalue weighted by atomic mass is 31.1. The third-order valence-electron chi connectivity index (χ3n) is 4.97. The summed E-state index contributed by atoms with van der Waals surface area (Å²) in [5, 5.41) is 9.42. The molecule has 0 aliphatic rings. The van der Waals surface area contributed by atoms with Crippen molar-refractivity contribution in [1.29, 1.82) is 0 Å². The molecule has 0 aliphatic heterocycles. The van der Waals surface area contributed by atoms with Crippen LogP contribution in [0.4, 0.5) is 13.2 Å². The zero-order valence-electron chi connectivity index (χ0n) is 17.3. The molecule has 0 saturated heterocycles. The Balaban J connectivity index is 2.00. The highest BCUT2D eigenvalue weighted by Gasteiger charge is 2.35. The topological polar surface area (TPSA) is 81.8 Å². The van der Waals surface area contributed by atoms with Gasteiger partial charge in [-0.25, -0.2) is 4.57 Å². The maximum atomic E-state index is 13.5. The van der Waals surface area contributed by atoms with Crippen LogP contribution in [0.1, 0.15) is 35.1 Å². The third kappa shape index (κ3) is 8.22. The molecule has 1 unspecified atom stereocenters. The molecular weight excluding hydrogens is 430 g/mol. The average molecular weight is 457 g/mol. The number of rotatable bonds is 12. The van der Waals surface area contributed by atoms with Crippen molar-refractivity contribution in [3.05, 3.63) is 64.7 Å². The second-order valence-electron chi connectivity index (χ2n) is 7.63. The van der Waals surface area contributed by atoms with Gasteiger partial charge < -0.3 is 15.6 Å². The Morgan fingerprint density at radius 2 is 1.74 bits per heavy atom. The molecule has 1 atom stereocenters. The van der Waals surface area contributed by atoms with Gasteiger partial charge in [-0.2, -0.15) is 13.2 Å². The van der Waals surface area contributed by atoms with Gasteiger partial charge in [-0.1, -0.05) is 35.9 Å². The van der Waals surface area contributed by atoms with Crippen molar-refractivity contribution < 1.29 is 32.1 Å². The van der Waals surface area contributed by atoms with Crippen LogP contribution in [0.3, 0.4) is 0 Å². The third-order valence-corrected chi connectivity index (χ3v) is 5.20. The molecule has 0 aliphatic carbocycles. The van der Waals surface area contributed by atoms with E-state index in [0.717, 1.165) is 17.2 Å². The van der Waals surface area contributed by atoms with Crippen LogP contribution in [0, 0.1) is 6.92 Å². The largest absolute Gasteiger partial charge is 0.493 e. The van der Waals surface area contributed by atoms with Gasteiger partial charge >= 0.3 is 14.9 Å². The molecule has 170 valence electrons. The van der Waals surface area contributed by atoms with E-state index >= 15 is 0 Å². The zero-order chi connectivity index (χ0) is 22.9. The molecule has 0 bridgehead atoms. The van der Waals surface area contributed by atoms with Crippen LogP contribution in [0.15, 0.2) is 42.5 Å². The van der Waals surface area contributed by atoms with Crippen molar-refractivity contribution in [2.75, 3.05) is 19.8 Å². The second kappa shape index (κ2) is 11.6. The fraction of sp³-hybridized carbons (Fsp3) is 0.455. The van der Waals surface area contributed by atoms with Crippen molar-refractivity contribution in [2.45, 2.75) is 44.3 Å². The van der Waals surface area contributed by atoms with Crippen molar-refractivity contribution in [3.63, 3.8) is 0 Å². The molecule has 2 aromatic rings. The minimum atomic E-state index is -4.57. The standard InChI is InChI=1S/C22H27F3NO4P/c1-16-4-6-17(7-5-16)3-2-12-29-20-9-8-18(13-19(20)22(23,24)25)10-11-21(26,14-27)15-30-31-28/h4-9,13,27H,2-3,10-12,14-15,26H2,1H3. The van der Waals surface area contributed by atoms with Gasteiger partial charge in [0.2, 0.25) is 0 Å². The number of halogens is 3. The fourth-order valence-corrected chi connectivity index (χ4v) is 3.35. The van der Waals surface area contributed by atoms with Crippen LogP contribution < -0.4 is 10.5 Å². The Kier molecular flexibility index (Phi) is 9.44. The van der Waals surface area contributed by atoms with Gasteiger partial charge in [-0.3, -0.25) is 4.52 Å². The predicted molar refractivity (Wildman–Crippen MR) is 112 cm³/mol. The van der Waals surface area contributed by atoms with Crippen LogP contribution in [0.5, 0.6) is 5.75 Å². The quantitative estimate of drug-likeness (QED) is 0.351. The molecule has 0 heterocycles. The fourth-order valence-electron chi connectivity index (χ4n) is 3.04. The number of alkyl halides is 3. The summed E-state index contributed by atoms with van der Waals surface area (Å²) in [6, 6.07) is 11.9. The van der Waals surface area contributed by atoms with E-state index in [1.807, 2.05) is 31.2 Å².